The fourth-order valence-electron chi connectivity index (χ4n) is 2.54. The second-order valence-electron chi connectivity index (χ2n) is 5.32. The van der Waals surface area contributed by atoms with E-state index in [1.807, 2.05) is 0 Å². The molecular weight excluding hydrogens is 242 g/mol. The Hall–Kier alpha value is -1.76. The number of nitrogens with one attached hydrogen (secondary N) is 1. The summed E-state index contributed by atoms with van der Waals surface area (Å²) in [6.07, 6.45) is 3.53. The maximum absolute atomic E-state index is 3.52. The van der Waals surface area contributed by atoms with E-state index in [-0.39, 0.29) is 0 Å². The van der Waals surface area contributed by atoms with Gasteiger partial charge in [-0.2, -0.15) is 0 Å². The number of benzene rings is 2. The van der Waals surface area contributed by atoms with Crippen LogP contribution in [0, 0.1) is 6.92 Å². The van der Waals surface area contributed by atoms with Crippen molar-refractivity contribution < 1.29 is 0 Å². The van der Waals surface area contributed by atoms with Gasteiger partial charge in [-0.3, -0.25) is 0 Å². The topological polar surface area (TPSA) is 12.0 Å². The smallest absolute Gasteiger partial charge is 0.0370 e. The highest BCUT2D eigenvalue weighted by Gasteiger charge is 2.05. The number of anilines is 1. The summed E-state index contributed by atoms with van der Waals surface area (Å²) >= 11 is 0. The molecule has 0 aliphatic carbocycles. The fourth-order valence-corrected chi connectivity index (χ4v) is 2.54. The molecule has 0 unspecified atom stereocenters. The normalized spacial score (nSPS) is 10.6. The predicted octanol–water partition coefficient (Wildman–Crippen LogP) is 5.44. The van der Waals surface area contributed by atoms with Crippen LogP contribution in [0.15, 0.2) is 42.5 Å². The van der Waals surface area contributed by atoms with E-state index in [1.54, 1.807) is 0 Å². The molecule has 0 fully saturated rings. The minimum absolute atomic E-state index is 1.06. The molecule has 0 bridgehead atoms. The molecule has 0 aromatic heterocycles. The molecule has 20 heavy (non-hydrogen) atoms. The van der Waals surface area contributed by atoms with Gasteiger partial charge < -0.3 is 5.32 Å². The number of hydrogen-bond donors (Lipinski definition) is 1. The largest absolute Gasteiger partial charge is 0.385 e. The highest BCUT2D eigenvalue weighted by atomic mass is 14.9. The van der Waals surface area contributed by atoms with E-state index in [4.69, 9.17) is 0 Å². The summed E-state index contributed by atoms with van der Waals surface area (Å²) in [6, 6.07) is 15.4. The monoisotopic (exact) mass is 267 g/mol. The van der Waals surface area contributed by atoms with E-state index in [0.717, 1.165) is 13.0 Å². The highest BCUT2D eigenvalue weighted by Crippen LogP contribution is 2.27. The second-order valence-corrected chi connectivity index (χ2v) is 5.32. The van der Waals surface area contributed by atoms with E-state index >= 15 is 0 Å². The Morgan fingerprint density at radius 2 is 1.80 bits per heavy atom. The van der Waals surface area contributed by atoms with Crippen LogP contribution in [0.2, 0.25) is 0 Å². The summed E-state index contributed by atoms with van der Waals surface area (Å²) < 4.78 is 0. The Morgan fingerprint density at radius 1 is 1.00 bits per heavy atom. The zero-order valence-corrected chi connectivity index (χ0v) is 12.9. The third-order valence-electron chi connectivity index (χ3n) is 3.78. The molecule has 0 saturated carbocycles. The molecule has 0 aliphatic rings. The summed E-state index contributed by atoms with van der Waals surface area (Å²) in [5.74, 6) is 0. The van der Waals surface area contributed by atoms with Crippen LogP contribution in [0.25, 0.3) is 11.1 Å². The lowest BCUT2D eigenvalue weighted by molar-refractivity contribution is 0.833. The lowest BCUT2D eigenvalue weighted by Gasteiger charge is -2.13. The Labute approximate surface area is 123 Å². The van der Waals surface area contributed by atoms with Crippen LogP contribution in [0.3, 0.4) is 0 Å². The number of aryl methyl sites for hydroxylation is 2. The van der Waals surface area contributed by atoms with Gasteiger partial charge in [0.1, 0.15) is 0 Å². The zero-order chi connectivity index (χ0) is 14.4. The van der Waals surface area contributed by atoms with Crippen molar-refractivity contribution in [3.8, 4) is 11.1 Å². The minimum atomic E-state index is 1.06. The average Bonchev–Trinajstić information content (AvgIpc) is 2.49. The van der Waals surface area contributed by atoms with Crippen molar-refractivity contribution in [2.45, 2.75) is 40.0 Å². The van der Waals surface area contributed by atoms with Crippen LogP contribution in [-0.4, -0.2) is 6.54 Å². The van der Waals surface area contributed by atoms with Crippen molar-refractivity contribution >= 4 is 5.69 Å². The van der Waals surface area contributed by atoms with Gasteiger partial charge in [-0.25, -0.2) is 0 Å². The molecule has 0 radical (unpaired) electrons. The zero-order valence-electron chi connectivity index (χ0n) is 12.9. The summed E-state index contributed by atoms with van der Waals surface area (Å²) in [4.78, 5) is 0. The van der Waals surface area contributed by atoms with Crippen molar-refractivity contribution in [1.82, 2.24) is 0 Å². The van der Waals surface area contributed by atoms with Crippen LogP contribution in [0.1, 0.15) is 37.8 Å². The van der Waals surface area contributed by atoms with E-state index < -0.39 is 0 Å². The number of unbranched alkanes of at least 4 members (excludes halogenated alkanes) is 1. The van der Waals surface area contributed by atoms with Gasteiger partial charge in [-0.15, -0.1) is 0 Å². The molecular formula is C19H25N. The van der Waals surface area contributed by atoms with Crippen LogP contribution in [0.5, 0.6) is 0 Å². The molecule has 0 heterocycles. The van der Waals surface area contributed by atoms with Gasteiger partial charge in [0.25, 0.3) is 0 Å². The Bertz CT molecular complexity index is 557. The maximum Gasteiger partial charge on any atom is 0.0370 e. The Morgan fingerprint density at radius 3 is 2.50 bits per heavy atom. The first-order valence-corrected chi connectivity index (χ1v) is 7.69. The van der Waals surface area contributed by atoms with Gasteiger partial charge in [0.2, 0.25) is 0 Å². The van der Waals surface area contributed by atoms with Crippen molar-refractivity contribution in [2.75, 3.05) is 11.9 Å². The van der Waals surface area contributed by atoms with Crippen LogP contribution >= 0.6 is 0 Å². The van der Waals surface area contributed by atoms with Crippen molar-refractivity contribution in [1.29, 1.82) is 0 Å². The van der Waals surface area contributed by atoms with Crippen molar-refractivity contribution in [3.05, 3.63) is 53.6 Å². The number of rotatable bonds is 6. The summed E-state index contributed by atoms with van der Waals surface area (Å²) in [6.45, 7) is 7.68. The van der Waals surface area contributed by atoms with Crippen LogP contribution in [-0.2, 0) is 6.42 Å². The predicted molar refractivity (Wildman–Crippen MR) is 89.4 cm³/mol. The van der Waals surface area contributed by atoms with Gasteiger partial charge in [0.05, 0.1) is 0 Å². The van der Waals surface area contributed by atoms with Gasteiger partial charge in [0, 0.05) is 12.2 Å². The second kappa shape index (κ2) is 7.14. The first-order chi connectivity index (χ1) is 9.76. The van der Waals surface area contributed by atoms with E-state index in [2.05, 4.69) is 68.6 Å². The highest BCUT2D eigenvalue weighted by molar-refractivity contribution is 5.71. The first-order valence-electron chi connectivity index (χ1n) is 7.69. The van der Waals surface area contributed by atoms with Crippen LogP contribution in [0.4, 0.5) is 5.69 Å². The molecule has 1 heteroatoms. The summed E-state index contributed by atoms with van der Waals surface area (Å²) in [7, 11) is 0. The quantitative estimate of drug-likeness (QED) is 0.687. The summed E-state index contributed by atoms with van der Waals surface area (Å²) in [5, 5.41) is 3.52. The fraction of sp³-hybridized carbons (Fsp3) is 0.368. The average molecular weight is 267 g/mol. The maximum atomic E-state index is 3.52. The molecule has 2 aromatic carbocycles. The van der Waals surface area contributed by atoms with Crippen molar-refractivity contribution in [3.63, 3.8) is 0 Å². The first kappa shape index (κ1) is 14.6. The summed E-state index contributed by atoms with van der Waals surface area (Å²) in [5.41, 5.74) is 6.68. The molecule has 1 nitrogen and oxygen atoms in total. The lowest BCUT2D eigenvalue weighted by Crippen LogP contribution is -2.02. The molecule has 2 aromatic rings. The Balaban J connectivity index is 2.24. The molecule has 2 rings (SSSR count). The number of hydrogen-bond acceptors (Lipinski definition) is 1. The van der Waals surface area contributed by atoms with E-state index in [9.17, 15) is 0 Å². The molecule has 0 aliphatic heterocycles. The third-order valence-corrected chi connectivity index (χ3v) is 3.78. The third kappa shape index (κ3) is 3.41. The Kier molecular flexibility index (Phi) is 5.23. The van der Waals surface area contributed by atoms with Gasteiger partial charge in [-0.05, 0) is 54.2 Å². The standard InChI is InChI=1S/C19H25N/c1-4-6-13-20-19-12-11-17(14-15(19)3)18-10-8-7-9-16(18)5-2/h7-12,14,20H,4-6,13H2,1-3H3. The molecule has 1 N–H and O–H groups in total. The van der Waals surface area contributed by atoms with Gasteiger partial charge >= 0.3 is 0 Å². The lowest BCUT2D eigenvalue weighted by atomic mass is 9.96. The van der Waals surface area contributed by atoms with Gasteiger partial charge in [-0.1, -0.05) is 50.6 Å². The molecule has 0 saturated heterocycles. The SMILES string of the molecule is CCCCNc1ccc(-c2ccccc2CC)cc1C. The van der Waals surface area contributed by atoms with Crippen LogP contribution < -0.4 is 5.32 Å². The molecule has 0 atom stereocenters. The molecule has 0 amide bonds. The molecule has 0 spiro atoms. The van der Waals surface area contributed by atoms with Gasteiger partial charge in [0.15, 0.2) is 0 Å². The van der Waals surface area contributed by atoms with E-state index in [0.29, 0.717) is 0 Å². The van der Waals surface area contributed by atoms with Crippen molar-refractivity contribution in [2.24, 2.45) is 0 Å². The minimum Gasteiger partial charge on any atom is -0.385 e. The van der Waals surface area contributed by atoms with E-state index in [1.165, 1.54) is 40.8 Å². The molecule has 106 valence electrons.